The largest absolute Gasteiger partial charge is 0.275 e. The Labute approximate surface area is 133 Å². The van der Waals surface area contributed by atoms with Crippen molar-refractivity contribution in [1.29, 1.82) is 0 Å². The van der Waals surface area contributed by atoms with Crippen LogP contribution in [0.5, 0.6) is 0 Å². The van der Waals surface area contributed by atoms with Gasteiger partial charge in [-0.25, -0.2) is 4.39 Å². The van der Waals surface area contributed by atoms with Gasteiger partial charge >= 0.3 is 0 Å². The molecule has 1 aromatic heterocycles. The molecule has 2 nitrogen and oxygen atoms in total. The molecule has 4 rings (SSSR count). The predicted molar refractivity (Wildman–Crippen MR) is 90.4 cm³/mol. The monoisotopic (exact) mass is 301 g/mol. The summed E-state index contributed by atoms with van der Waals surface area (Å²) in [5, 5.41) is 6.35. The van der Waals surface area contributed by atoms with Crippen molar-refractivity contribution >= 4 is 10.8 Å². The molecule has 0 bridgehead atoms. The fourth-order valence-corrected chi connectivity index (χ4v) is 2.88. The molecular formula is C20H14FN2. The SMILES string of the molecule is Cn1cc(-c2cc(F)cc(-c3c[c]cc4ccccc34)c2)cn1. The molecule has 0 unspecified atom stereocenters. The Kier molecular flexibility index (Phi) is 3.19. The van der Waals surface area contributed by atoms with Crippen molar-refractivity contribution < 1.29 is 4.39 Å². The number of aryl methyl sites for hydroxylation is 1. The van der Waals surface area contributed by atoms with Crippen LogP contribution in [0.2, 0.25) is 0 Å². The van der Waals surface area contributed by atoms with Gasteiger partial charge in [-0.3, -0.25) is 4.68 Å². The molecule has 0 aliphatic rings. The van der Waals surface area contributed by atoms with Gasteiger partial charge in [-0.1, -0.05) is 24.3 Å². The van der Waals surface area contributed by atoms with Gasteiger partial charge in [0.05, 0.1) is 6.20 Å². The summed E-state index contributed by atoms with van der Waals surface area (Å²) in [7, 11) is 1.85. The van der Waals surface area contributed by atoms with E-state index in [0.717, 1.165) is 33.0 Å². The molecular weight excluding hydrogens is 287 g/mol. The average molecular weight is 301 g/mol. The number of nitrogens with zero attached hydrogens (tertiary/aromatic N) is 2. The quantitative estimate of drug-likeness (QED) is 0.517. The van der Waals surface area contributed by atoms with Crippen LogP contribution in [0.3, 0.4) is 0 Å². The highest BCUT2D eigenvalue weighted by atomic mass is 19.1. The number of hydrogen-bond acceptors (Lipinski definition) is 1. The Balaban J connectivity index is 1.93. The topological polar surface area (TPSA) is 17.8 Å². The molecule has 3 heteroatoms. The summed E-state index contributed by atoms with van der Waals surface area (Å²) < 4.78 is 15.9. The fraction of sp³-hybridized carbons (Fsp3) is 0.0500. The summed E-state index contributed by atoms with van der Waals surface area (Å²) >= 11 is 0. The van der Waals surface area contributed by atoms with E-state index < -0.39 is 0 Å². The molecule has 3 aromatic carbocycles. The van der Waals surface area contributed by atoms with Crippen LogP contribution in [0.1, 0.15) is 0 Å². The van der Waals surface area contributed by atoms with Crippen LogP contribution in [0.4, 0.5) is 4.39 Å². The average Bonchev–Trinajstić information content (AvgIpc) is 3.00. The van der Waals surface area contributed by atoms with E-state index in [1.165, 1.54) is 6.07 Å². The summed E-state index contributed by atoms with van der Waals surface area (Å²) in [6.45, 7) is 0. The maximum atomic E-state index is 14.2. The maximum absolute atomic E-state index is 14.2. The van der Waals surface area contributed by atoms with Gasteiger partial charge < -0.3 is 0 Å². The lowest BCUT2D eigenvalue weighted by Crippen LogP contribution is -1.86. The summed E-state index contributed by atoms with van der Waals surface area (Å²) in [5.74, 6) is -0.255. The van der Waals surface area contributed by atoms with Gasteiger partial charge in [0.2, 0.25) is 0 Å². The van der Waals surface area contributed by atoms with Crippen LogP contribution in [0, 0.1) is 11.9 Å². The van der Waals surface area contributed by atoms with E-state index in [-0.39, 0.29) is 5.82 Å². The van der Waals surface area contributed by atoms with E-state index in [1.54, 1.807) is 16.9 Å². The van der Waals surface area contributed by atoms with Gasteiger partial charge in [-0.05, 0) is 63.9 Å². The highest BCUT2D eigenvalue weighted by Gasteiger charge is 2.09. The molecule has 0 fully saturated rings. The van der Waals surface area contributed by atoms with Gasteiger partial charge in [0, 0.05) is 18.8 Å². The number of aromatic nitrogens is 2. The number of hydrogen-bond donors (Lipinski definition) is 0. The molecule has 1 radical (unpaired) electrons. The van der Waals surface area contributed by atoms with E-state index in [2.05, 4.69) is 11.2 Å². The third-order valence-electron chi connectivity index (χ3n) is 3.96. The van der Waals surface area contributed by atoms with Crippen LogP contribution in [0.15, 0.2) is 67.0 Å². The highest BCUT2D eigenvalue weighted by molar-refractivity contribution is 5.97. The standard InChI is InChI=1S/C20H14FN2/c1-23-13-17(12-22-23)15-9-16(11-18(21)10-15)20-8-4-6-14-5-2-3-7-19(14)20/h2-3,5-13H,1H3. The molecule has 23 heavy (non-hydrogen) atoms. The van der Waals surface area contributed by atoms with Gasteiger partial charge in [0.1, 0.15) is 5.82 Å². The predicted octanol–water partition coefficient (Wildman–Crippen LogP) is 4.85. The summed E-state index contributed by atoms with van der Waals surface area (Å²) in [6.07, 6.45) is 3.63. The number of benzene rings is 3. The molecule has 0 aliphatic heterocycles. The Morgan fingerprint density at radius 2 is 1.83 bits per heavy atom. The lowest BCUT2D eigenvalue weighted by molar-refractivity contribution is 0.629. The zero-order chi connectivity index (χ0) is 15.8. The van der Waals surface area contributed by atoms with E-state index >= 15 is 0 Å². The third kappa shape index (κ3) is 2.50. The second-order valence-corrected chi connectivity index (χ2v) is 5.59. The number of rotatable bonds is 2. The normalized spacial score (nSPS) is 11.0. The summed E-state index contributed by atoms with van der Waals surface area (Å²) in [6, 6.07) is 20.2. The minimum atomic E-state index is -0.255. The van der Waals surface area contributed by atoms with E-state index in [0.29, 0.717) is 0 Å². The molecule has 0 spiro atoms. The Bertz CT molecular complexity index is 996. The number of halogens is 1. The van der Waals surface area contributed by atoms with Crippen molar-refractivity contribution in [3.8, 4) is 22.3 Å². The lowest BCUT2D eigenvalue weighted by Gasteiger charge is -2.09. The Hall–Kier alpha value is -2.94. The Morgan fingerprint density at radius 3 is 2.65 bits per heavy atom. The number of fused-ring (bicyclic) bond motifs is 1. The zero-order valence-corrected chi connectivity index (χ0v) is 12.6. The van der Waals surface area contributed by atoms with Crippen LogP contribution >= 0.6 is 0 Å². The molecule has 0 atom stereocenters. The molecule has 0 N–H and O–H groups in total. The molecule has 0 saturated heterocycles. The molecule has 1 heterocycles. The first-order valence-electron chi connectivity index (χ1n) is 7.39. The van der Waals surface area contributed by atoms with Gasteiger partial charge in [0.15, 0.2) is 0 Å². The molecule has 0 amide bonds. The smallest absolute Gasteiger partial charge is 0.124 e. The van der Waals surface area contributed by atoms with Crippen molar-refractivity contribution in [3.05, 3.63) is 78.9 Å². The molecule has 0 aliphatic carbocycles. The lowest BCUT2D eigenvalue weighted by atomic mass is 9.96. The minimum absolute atomic E-state index is 0.255. The fourth-order valence-electron chi connectivity index (χ4n) is 2.88. The third-order valence-corrected chi connectivity index (χ3v) is 3.96. The van der Waals surface area contributed by atoms with Gasteiger partial charge in [-0.2, -0.15) is 5.10 Å². The zero-order valence-electron chi connectivity index (χ0n) is 12.6. The first-order chi connectivity index (χ1) is 11.2. The minimum Gasteiger partial charge on any atom is -0.275 e. The second kappa shape index (κ2) is 5.36. The molecule has 0 saturated carbocycles. The molecule has 111 valence electrons. The first kappa shape index (κ1) is 13.7. The van der Waals surface area contributed by atoms with Crippen molar-refractivity contribution in [2.75, 3.05) is 0 Å². The highest BCUT2D eigenvalue weighted by Crippen LogP contribution is 2.32. The van der Waals surface area contributed by atoms with Crippen molar-refractivity contribution in [1.82, 2.24) is 9.78 Å². The maximum Gasteiger partial charge on any atom is 0.124 e. The van der Waals surface area contributed by atoms with Crippen LogP contribution in [-0.2, 0) is 7.05 Å². The summed E-state index contributed by atoms with van der Waals surface area (Å²) in [4.78, 5) is 0. The first-order valence-corrected chi connectivity index (χ1v) is 7.39. The van der Waals surface area contributed by atoms with E-state index in [1.807, 2.05) is 55.7 Å². The van der Waals surface area contributed by atoms with Crippen molar-refractivity contribution in [2.45, 2.75) is 0 Å². The van der Waals surface area contributed by atoms with E-state index in [9.17, 15) is 4.39 Å². The summed E-state index contributed by atoms with van der Waals surface area (Å²) in [5.41, 5.74) is 3.54. The molecule has 4 aromatic rings. The van der Waals surface area contributed by atoms with Gasteiger partial charge in [-0.15, -0.1) is 0 Å². The van der Waals surface area contributed by atoms with Gasteiger partial charge in [0.25, 0.3) is 0 Å². The second-order valence-electron chi connectivity index (χ2n) is 5.59. The Morgan fingerprint density at radius 1 is 1.00 bits per heavy atom. The van der Waals surface area contributed by atoms with Crippen LogP contribution in [-0.4, -0.2) is 9.78 Å². The van der Waals surface area contributed by atoms with Crippen molar-refractivity contribution in [3.63, 3.8) is 0 Å². The van der Waals surface area contributed by atoms with E-state index in [4.69, 9.17) is 0 Å². The van der Waals surface area contributed by atoms with Crippen LogP contribution < -0.4 is 0 Å². The van der Waals surface area contributed by atoms with Crippen molar-refractivity contribution in [2.24, 2.45) is 7.05 Å². The van der Waals surface area contributed by atoms with Crippen LogP contribution in [0.25, 0.3) is 33.0 Å².